The molecule has 0 aliphatic carbocycles. The Hall–Kier alpha value is -2.76. The van der Waals surface area contributed by atoms with Gasteiger partial charge in [0.05, 0.1) is 0 Å². The molecule has 0 spiro atoms. The normalized spacial score (nSPS) is 11.5. The van der Waals surface area contributed by atoms with Gasteiger partial charge in [-0.05, 0) is 54.8 Å². The van der Waals surface area contributed by atoms with Gasteiger partial charge in [0.2, 0.25) is 5.91 Å². The van der Waals surface area contributed by atoms with Crippen molar-refractivity contribution >= 4 is 17.7 Å². The molecule has 126 valence electrons. The zero-order valence-corrected chi connectivity index (χ0v) is 13.1. The van der Waals surface area contributed by atoms with E-state index in [1.807, 2.05) is 26.0 Å². The highest BCUT2D eigenvalue weighted by Crippen LogP contribution is 2.23. The van der Waals surface area contributed by atoms with Crippen LogP contribution in [0.1, 0.15) is 16.7 Å². The predicted octanol–water partition coefficient (Wildman–Crippen LogP) is 4.85. The van der Waals surface area contributed by atoms with Gasteiger partial charge in [0.1, 0.15) is 5.75 Å². The number of aryl methyl sites for hydroxylation is 1. The summed E-state index contributed by atoms with van der Waals surface area (Å²) in [6, 6.07) is 10.8. The predicted molar refractivity (Wildman–Crippen MR) is 86.7 cm³/mol. The summed E-state index contributed by atoms with van der Waals surface area (Å²) in [5, 5.41) is 2.76. The van der Waals surface area contributed by atoms with Crippen molar-refractivity contribution in [3.8, 4) is 5.75 Å². The van der Waals surface area contributed by atoms with Gasteiger partial charge in [-0.2, -0.15) is 0 Å². The van der Waals surface area contributed by atoms with Crippen LogP contribution in [0.3, 0.4) is 0 Å². The molecular weight excluding hydrogens is 319 g/mol. The molecule has 2 rings (SSSR count). The van der Waals surface area contributed by atoms with E-state index in [1.165, 1.54) is 36.4 Å². The third-order valence-corrected chi connectivity index (χ3v) is 3.40. The van der Waals surface area contributed by atoms with E-state index in [0.29, 0.717) is 5.56 Å². The van der Waals surface area contributed by atoms with Crippen LogP contribution in [0.4, 0.5) is 18.9 Å². The third kappa shape index (κ3) is 5.15. The van der Waals surface area contributed by atoms with Crippen LogP contribution in [-0.2, 0) is 4.79 Å². The number of benzene rings is 2. The second-order valence-corrected chi connectivity index (χ2v) is 5.19. The maximum atomic E-state index is 12.1. The Morgan fingerprint density at radius 2 is 1.75 bits per heavy atom. The average Bonchev–Trinajstić information content (AvgIpc) is 2.50. The van der Waals surface area contributed by atoms with Crippen molar-refractivity contribution < 1.29 is 22.7 Å². The molecule has 1 N–H and O–H groups in total. The fraction of sp³-hybridized carbons (Fsp3) is 0.167. The van der Waals surface area contributed by atoms with E-state index in [0.717, 1.165) is 16.8 Å². The van der Waals surface area contributed by atoms with Gasteiger partial charge in [0.25, 0.3) is 0 Å². The number of alkyl halides is 3. The van der Waals surface area contributed by atoms with Gasteiger partial charge < -0.3 is 10.1 Å². The van der Waals surface area contributed by atoms with Crippen molar-refractivity contribution in [1.82, 2.24) is 0 Å². The first-order valence-corrected chi connectivity index (χ1v) is 7.16. The Morgan fingerprint density at radius 3 is 2.38 bits per heavy atom. The smallest absolute Gasteiger partial charge is 0.406 e. The Bertz CT molecular complexity index is 750. The van der Waals surface area contributed by atoms with E-state index in [-0.39, 0.29) is 11.7 Å². The molecule has 2 aromatic carbocycles. The number of nitrogens with one attached hydrogen (secondary N) is 1. The molecule has 0 aliphatic rings. The zero-order valence-electron chi connectivity index (χ0n) is 13.1. The Morgan fingerprint density at radius 1 is 1.08 bits per heavy atom. The van der Waals surface area contributed by atoms with Crippen molar-refractivity contribution in [3.63, 3.8) is 0 Å². The molecule has 0 saturated carbocycles. The molecular formula is C18H16F3NO2. The number of halogens is 3. The highest BCUT2D eigenvalue weighted by molar-refractivity contribution is 6.02. The molecule has 2 aromatic rings. The summed E-state index contributed by atoms with van der Waals surface area (Å²) in [5.41, 5.74) is 3.35. The van der Waals surface area contributed by atoms with Crippen molar-refractivity contribution in [2.75, 3.05) is 5.32 Å². The molecule has 6 heteroatoms. The molecule has 0 aliphatic heterocycles. The average molecular weight is 335 g/mol. The number of carbonyl (C=O) groups excluding carboxylic acids is 1. The van der Waals surface area contributed by atoms with Gasteiger partial charge in [0.15, 0.2) is 0 Å². The number of ether oxygens (including phenoxy) is 1. The highest BCUT2D eigenvalue weighted by atomic mass is 19.4. The summed E-state index contributed by atoms with van der Waals surface area (Å²) in [4.78, 5) is 11.9. The number of rotatable bonds is 4. The first-order valence-electron chi connectivity index (χ1n) is 7.16. The minimum atomic E-state index is -4.72. The van der Waals surface area contributed by atoms with Crippen LogP contribution in [0.25, 0.3) is 6.08 Å². The largest absolute Gasteiger partial charge is 0.573 e. The van der Waals surface area contributed by atoms with Gasteiger partial charge in [0, 0.05) is 11.8 Å². The molecule has 3 nitrogen and oxygen atoms in total. The summed E-state index contributed by atoms with van der Waals surface area (Å²) >= 11 is 0. The standard InChI is InChI=1S/C18H16F3NO2/c1-12-4-3-5-16(13(12)2)22-17(23)11-8-14-6-9-15(10-7-14)24-18(19,20)21/h3-11H,1-2H3,(H,22,23)/b11-8+. The van der Waals surface area contributed by atoms with E-state index < -0.39 is 6.36 Å². The molecule has 0 aromatic heterocycles. The lowest BCUT2D eigenvalue weighted by Gasteiger charge is -2.09. The third-order valence-electron chi connectivity index (χ3n) is 3.40. The Kier molecular flexibility index (Phi) is 5.28. The number of carbonyl (C=O) groups is 1. The fourth-order valence-corrected chi connectivity index (χ4v) is 2.01. The summed E-state index contributed by atoms with van der Waals surface area (Å²) in [6.07, 6.45) is -1.89. The molecule has 0 fully saturated rings. The quantitative estimate of drug-likeness (QED) is 0.811. The van der Waals surface area contributed by atoms with Crippen LogP contribution in [0.15, 0.2) is 48.5 Å². The number of hydrogen-bond donors (Lipinski definition) is 1. The van der Waals surface area contributed by atoms with Crippen LogP contribution >= 0.6 is 0 Å². The summed E-state index contributed by atoms with van der Waals surface area (Å²) in [6.45, 7) is 3.86. The molecule has 0 saturated heterocycles. The van der Waals surface area contributed by atoms with E-state index in [2.05, 4.69) is 10.1 Å². The highest BCUT2D eigenvalue weighted by Gasteiger charge is 2.30. The second kappa shape index (κ2) is 7.21. The van der Waals surface area contributed by atoms with E-state index >= 15 is 0 Å². The van der Waals surface area contributed by atoms with Gasteiger partial charge in [-0.1, -0.05) is 24.3 Å². The summed E-state index contributed by atoms with van der Waals surface area (Å²) in [5.74, 6) is -0.626. The molecule has 1 amide bonds. The lowest BCUT2D eigenvalue weighted by molar-refractivity contribution is -0.274. The zero-order chi connectivity index (χ0) is 17.7. The number of amides is 1. The van der Waals surface area contributed by atoms with Crippen LogP contribution in [0.5, 0.6) is 5.75 Å². The van der Waals surface area contributed by atoms with Crippen molar-refractivity contribution in [1.29, 1.82) is 0 Å². The number of anilines is 1. The van der Waals surface area contributed by atoms with Crippen LogP contribution in [0, 0.1) is 13.8 Å². The van der Waals surface area contributed by atoms with Crippen LogP contribution in [-0.4, -0.2) is 12.3 Å². The maximum absolute atomic E-state index is 12.1. The topological polar surface area (TPSA) is 38.3 Å². The van der Waals surface area contributed by atoms with Crippen molar-refractivity contribution in [2.45, 2.75) is 20.2 Å². The monoisotopic (exact) mass is 335 g/mol. The molecule has 24 heavy (non-hydrogen) atoms. The molecule has 0 unspecified atom stereocenters. The van der Waals surface area contributed by atoms with Crippen LogP contribution in [0.2, 0.25) is 0 Å². The van der Waals surface area contributed by atoms with Crippen LogP contribution < -0.4 is 10.1 Å². The van der Waals surface area contributed by atoms with Gasteiger partial charge in [-0.15, -0.1) is 13.2 Å². The molecule has 0 bridgehead atoms. The van der Waals surface area contributed by atoms with Crippen molar-refractivity contribution in [3.05, 3.63) is 65.2 Å². The summed E-state index contributed by atoms with van der Waals surface area (Å²) < 4.78 is 40.0. The first-order chi connectivity index (χ1) is 11.2. The Balaban J connectivity index is 2.00. The van der Waals surface area contributed by atoms with E-state index in [9.17, 15) is 18.0 Å². The SMILES string of the molecule is Cc1cccc(NC(=O)/C=C/c2ccc(OC(F)(F)F)cc2)c1C. The Labute approximate surface area is 137 Å². The summed E-state index contributed by atoms with van der Waals surface area (Å²) in [7, 11) is 0. The van der Waals surface area contributed by atoms with Crippen molar-refractivity contribution in [2.24, 2.45) is 0 Å². The fourth-order valence-electron chi connectivity index (χ4n) is 2.01. The number of hydrogen-bond acceptors (Lipinski definition) is 2. The van der Waals surface area contributed by atoms with Gasteiger partial charge >= 0.3 is 6.36 Å². The van der Waals surface area contributed by atoms with Gasteiger partial charge in [-0.25, -0.2) is 0 Å². The lowest BCUT2D eigenvalue weighted by atomic mass is 10.1. The van der Waals surface area contributed by atoms with E-state index in [1.54, 1.807) is 6.07 Å². The second-order valence-electron chi connectivity index (χ2n) is 5.19. The first kappa shape index (κ1) is 17.6. The minimum Gasteiger partial charge on any atom is -0.406 e. The lowest BCUT2D eigenvalue weighted by Crippen LogP contribution is -2.16. The van der Waals surface area contributed by atoms with E-state index in [4.69, 9.17) is 0 Å². The maximum Gasteiger partial charge on any atom is 0.573 e. The minimum absolute atomic E-state index is 0.306. The molecule has 0 atom stereocenters. The molecule has 0 heterocycles. The molecule has 0 radical (unpaired) electrons. The van der Waals surface area contributed by atoms with Gasteiger partial charge in [-0.3, -0.25) is 4.79 Å².